The second kappa shape index (κ2) is 6.12. The van der Waals surface area contributed by atoms with E-state index in [2.05, 4.69) is 56.3 Å². The molecule has 0 radical (unpaired) electrons. The van der Waals surface area contributed by atoms with Gasteiger partial charge >= 0.3 is 0 Å². The second-order valence-electron chi connectivity index (χ2n) is 5.96. The van der Waals surface area contributed by atoms with Crippen molar-refractivity contribution in [3.63, 3.8) is 0 Å². The molecule has 1 heterocycles. The molecule has 0 bridgehead atoms. The van der Waals surface area contributed by atoms with Crippen LogP contribution in [0.25, 0.3) is 0 Å². The number of aromatic nitrogens is 2. The minimum absolute atomic E-state index is 0.516. The van der Waals surface area contributed by atoms with E-state index >= 15 is 0 Å². The second-order valence-corrected chi connectivity index (χ2v) is 5.96. The summed E-state index contributed by atoms with van der Waals surface area (Å²) in [5.41, 5.74) is 5.20. The summed E-state index contributed by atoms with van der Waals surface area (Å²) >= 11 is 0. The van der Waals surface area contributed by atoms with Crippen LogP contribution in [0.5, 0.6) is 0 Å². The molecule has 0 saturated carbocycles. The number of hydrogen-bond acceptors (Lipinski definition) is 2. The quantitative estimate of drug-likeness (QED) is 0.879. The number of hydrogen-bond donors (Lipinski definition) is 1. The maximum absolute atomic E-state index is 4.20. The third-order valence-electron chi connectivity index (χ3n) is 3.75. The standard InChI is InChI=1S/C17H25N3/c1-12(2)14-6-7-17(16(10-14)13(3)4)18-11-15-8-9-19-20(15)5/h6-10,12-13,18H,11H2,1-5H3. The van der Waals surface area contributed by atoms with Crippen molar-refractivity contribution < 1.29 is 0 Å². The fourth-order valence-corrected chi connectivity index (χ4v) is 2.34. The van der Waals surface area contributed by atoms with Crippen LogP contribution in [0.15, 0.2) is 30.5 Å². The first kappa shape index (κ1) is 14.6. The maximum Gasteiger partial charge on any atom is 0.0571 e. The Kier molecular flexibility index (Phi) is 4.48. The Morgan fingerprint density at radius 1 is 1.10 bits per heavy atom. The molecule has 3 nitrogen and oxygen atoms in total. The van der Waals surface area contributed by atoms with Crippen molar-refractivity contribution in [1.82, 2.24) is 9.78 Å². The normalized spacial score (nSPS) is 11.3. The van der Waals surface area contributed by atoms with Gasteiger partial charge in [0, 0.05) is 18.9 Å². The first-order chi connectivity index (χ1) is 9.49. The predicted octanol–water partition coefficient (Wildman–Crippen LogP) is 4.28. The van der Waals surface area contributed by atoms with Crippen LogP contribution in [-0.4, -0.2) is 9.78 Å². The topological polar surface area (TPSA) is 29.9 Å². The summed E-state index contributed by atoms with van der Waals surface area (Å²) in [7, 11) is 1.97. The van der Waals surface area contributed by atoms with E-state index in [1.807, 2.05) is 24.0 Å². The molecular weight excluding hydrogens is 246 g/mol. The van der Waals surface area contributed by atoms with Crippen molar-refractivity contribution in [2.75, 3.05) is 5.32 Å². The molecule has 0 aliphatic rings. The van der Waals surface area contributed by atoms with Crippen LogP contribution < -0.4 is 5.32 Å². The van der Waals surface area contributed by atoms with Gasteiger partial charge in [-0.25, -0.2) is 0 Å². The Morgan fingerprint density at radius 3 is 2.40 bits per heavy atom. The van der Waals surface area contributed by atoms with Crippen molar-refractivity contribution in [1.29, 1.82) is 0 Å². The molecule has 20 heavy (non-hydrogen) atoms. The molecule has 1 aromatic heterocycles. The lowest BCUT2D eigenvalue weighted by molar-refractivity contribution is 0.720. The zero-order chi connectivity index (χ0) is 14.7. The first-order valence-corrected chi connectivity index (χ1v) is 7.33. The molecule has 108 valence electrons. The van der Waals surface area contributed by atoms with E-state index in [1.54, 1.807) is 0 Å². The van der Waals surface area contributed by atoms with Crippen LogP contribution in [0.1, 0.15) is 56.4 Å². The van der Waals surface area contributed by atoms with Crippen LogP contribution in [-0.2, 0) is 13.6 Å². The van der Waals surface area contributed by atoms with Gasteiger partial charge in [-0.2, -0.15) is 5.10 Å². The summed E-state index contributed by atoms with van der Waals surface area (Å²) in [6.45, 7) is 9.77. The summed E-state index contributed by atoms with van der Waals surface area (Å²) in [5, 5.41) is 7.74. The van der Waals surface area contributed by atoms with E-state index in [-0.39, 0.29) is 0 Å². The molecule has 0 spiro atoms. The van der Waals surface area contributed by atoms with Crippen LogP contribution in [0.3, 0.4) is 0 Å². The van der Waals surface area contributed by atoms with E-state index in [0.29, 0.717) is 11.8 Å². The minimum Gasteiger partial charge on any atom is -0.379 e. The van der Waals surface area contributed by atoms with E-state index in [1.165, 1.54) is 22.5 Å². The van der Waals surface area contributed by atoms with Crippen LogP contribution in [0.2, 0.25) is 0 Å². The Morgan fingerprint density at radius 2 is 1.85 bits per heavy atom. The SMILES string of the molecule is CC(C)c1ccc(NCc2ccnn2C)c(C(C)C)c1. The average molecular weight is 271 g/mol. The third-order valence-corrected chi connectivity index (χ3v) is 3.75. The smallest absolute Gasteiger partial charge is 0.0571 e. The number of aryl methyl sites for hydroxylation is 1. The van der Waals surface area contributed by atoms with Crippen molar-refractivity contribution in [2.24, 2.45) is 7.05 Å². The minimum atomic E-state index is 0.516. The summed E-state index contributed by atoms with van der Waals surface area (Å²) in [6, 6.07) is 8.81. The summed E-state index contributed by atoms with van der Waals surface area (Å²) < 4.78 is 1.91. The van der Waals surface area contributed by atoms with Crippen LogP contribution in [0, 0.1) is 0 Å². The number of nitrogens with one attached hydrogen (secondary N) is 1. The molecule has 0 unspecified atom stereocenters. The zero-order valence-electron chi connectivity index (χ0n) is 13.1. The number of anilines is 1. The molecule has 1 N–H and O–H groups in total. The zero-order valence-corrected chi connectivity index (χ0v) is 13.1. The van der Waals surface area contributed by atoms with E-state index in [0.717, 1.165) is 6.54 Å². The number of nitrogens with zero attached hydrogens (tertiary/aromatic N) is 2. The largest absolute Gasteiger partial charge is 0.379 e. The molecule has 0 amide bonds. The molecule has 0 fully saturated rings. The molecule has 3 heteroatoms. The van der Waals surface area contributed by atoms with Crippen LogP contribution >= 0.6 is 0 Å². The Hall–Kier alpha value is -1.77. The fraction of sp³-hybridized carbons (Fsp3) is 0.471. The van der Waals surface area contributed by atoms with Gasteiger partial charge in [0.05, 0.1) is 12.2 Å². The molecule has 2 rings (SSSR count). The highest BCUT2D eigenvalue weighted by Crippen LogP contribution is 2.28. The molecule has 1 aromatic carbocycles. The highest BCUT2D eigenvalue weighted by molar-refractivity contribution is 5.54. The van der Waals surface area contributed by atoms with Crippen molar-refractivity contribution in [3.8, 4) is 0 Å². The van der Waals surface area contributed by atoms with Gasteiger partial charge in [-0.3, -0.25) is 4.68 Å². The van der Waals surface area contributed by atoms with E-state index < -0.39 is 0 Å². The fourth-order valence-electron chi connectivity index (χ4n) is 2.34. The van der Waals surface area contributed by atoms with Gasteiger partial charge in [-0.1, -0.05) is 39.8 Å². The van der Waals surface area contributed by atoms with Crippen LogP contribution in [0.4, 0.5) is 5.69 Å². The lowest BCUT2D eigenvalue weighted by Crippen LogP contribution is -2.08. The summed E-state index contributed by atoms with van der Waals surface area (Å²) in [6.07, 6.45) is 1.84. The Labute approximate surface area is 122 Å². The summed E-state index contributed by atoms with van der Waals surface area (Å²) in [5.74, 6) is 1.08. The highest BCUT2D eigenvalue weighted by Gasteiger charge is 2.10. The Balaban J connectivity index is 2.20. The van der Waals surface area contributed by atoms with Crippen molar-refractivity contribution in [3.05, 3.63) is 47.3 Å². The lowest BCUT2D eigenvalue weighted by atomic mass is 9.94. The summed E-state index contributed by atoms with van der Waals surface area (Å²) in [4.78, 5) is 0. The maximum atomic E-state index is 4.20. The average Bonchev–Trinajstić information content (AvgIpc) is 2.81. The molecular formula is C17H25N3. The third kappa shape index (κ3) is 3.21. The number of benzene rings is 1. The predicted molar refractivity (Wildman–Crippen MR) is 85.2 cm³/mol. The molecule has 0 saturated heterocycles. The van der Waals surface area contributed by atoms with Crippen molar-refractivity contribution >= 4 is 5.69 Å². The molecule has 2 aromatic rings. The monoisotopic (exact) mass is 271 g/mol. The van der Waals surface area contributed by atoms with Gasteiger partial charge in [0.25, 0.3) is 0 Å². The van der Waals surface area contributed by atoms with Gasteiger partial charge < -0.3 is 5.32 Å². The van der Waals surface area contributed by atoms with Gasteiger partial charge in [0.2, 0.25) is 0 Å². The number of rotatable bonds is 5. The molecule has 0 atom stereocenters. The first-order valence-electron chi connectivity index (χ1n) is 7.33. The molecule has 0 aliphatic carbocycles. The van der Waals surface area contributed by atoms with Gasteiger partial charge in [0.1, 0.15) is 0 Å². The van der Waals surface area contributed by atoms with Crippen molar-refractivity contribution in [2.45, 2.75) is 46.1 Å². The van der Waals surface area contributed by atoms with Gasteiger partial charge in [0.15, 0.2) is 0 Å². The molecule has 0 aliphatic heterocycles. The van der Waals surface area contributed by atoms with Gasteiger partial charge in [-0.05, 0) is 35.1 Å². The van der Waals surface area contributed by atoms with Gasteiger partial charge in [-0.15, -0.1) is 0 Å². The highest BCUT2D eigenvalue weighted by atomic mass is 15.3. The van der Waals surface area contributed by atoms with E-state index in [4.69, 9.17) is 0 Å². The van der Waals surface area contributed by atoms with E-state index in [9.17, 15) is 0 Å². The Bertz CT molecular complexity index is 567. The lowest BCUT2D eigenvalue weighted by Gasteiger charge is -2.17.